The molecule has 1 heterocycles. The van der Waals surface area contributed by atoms with Gasteiger partial charge in [-0.2, -0.15) is 0 Å². The third-order valence-corrected chi connectivity index (χ3v) is 5.71. The van der Waals surface area contributed by atoms with E-state index in [-0.39, 0.29) is 21.4 Å². The molecule has 1 aliphatic carbocycles. The standard InChI is InChI=1S/C11H16N2O3S2/c1-11(2)5-8(11)10(14)13-6-7-3-4-9(17-7)18(12,15)16/h3-4,8H,5-6H2,1-2H3,(H,13,14)(H2,12,15,16). The van der Waals surface area contributed by atoms with E-state index in [2.05, 4.69) is 19.2 Å². The van der Waals surface area contributed by atoms with Crippen LogP contribution in [0, 0.1) is 11.3 Å². The molecule has 18 heavy (non-hydrogen) atoms. The SMILES string of the molecule is CC1(C)CC1C(=O)NCc1ccc(S(N)(=O)=O)s1. The van der Waals surface area contributed by atoms with E-state index in [4.69, 9.17) is 5.14 Å². The fraction of sp³-hybridized carbons (Fsp3) is 0.545. The molecule has 0 aliphatic heterocycles. The third-order valence-electron chi connectivity index (χ3n) is 3.18. The van der Waals surface area contributed by atoms with Gasteiger partial charge in [-0.15, -0.1) is 11.3 Å². The van der Waals surface area contributed by atoms with Crippen molar-refractivity contribution in [2.24, 2.45) is 16.5 Å². The smallest absolute Gasteiger partial charge is 0.247 e. The Kier molecular flexibility index (Phi) is 3.25. The Balaban J connectivity index is 1.92. The van der Waals surface area contributed by atoms with E-state index in [1.165, 1.54) is 6.07 Å². The largest absolute Gasteiger partial charge is 0.351 e. The van der Waals surface area contributed by atoms with Crippen LogP contribution in [0.2, 0.25) is 0 Å². The van der Waals surface area contributed by atoms with Crippen molar-refractivity contribution in [1.29, 1.82) is 0 Å². The first-order chi connectivity index (χ1) is 8.20. The normalized spacial score (nSPS) is 21.6. The summed E-state index contributed by atoms with van der Waals surface area (Å²) in [5, 5.41) is 7.83. The molecule has 1 fully saturated rings. The molecular formula is C11H16N2O3S2. The molecule has 5 nitrogen and oxygen atoms in total. The molecule has 1 saturated carbocycles. The first-order valence-electron chi connectivity index (χ1n) is 5.59. The summed E-state index contributed by atoms with van der Waals surface area (Å²) in [4.78, 5) is 12.5. The van der Waals surface area contributed by atoms with Crippen molar-refractivity contribution in [1.82, 2.24) is 5.32 Å². The second-order valence-electron chi connectivity index (χ2n) is 5.23. The molecule has 0 bridgehead atoms. The summed E-state index contributed by atoms with van der Waals surface area (Å²) in [7, 11) is -3.64. The van der Waals surface area contributed by atoms with Crippen LogP contribution < -0.4 is 10.5 Å². The van der Waals surface area contributed by atoms with Gasteiger partial charge >= 0.3 is 0 Å². The van der Waals surface area contributed by atoms with Gasteiger partial charge in [0.05, 0.1) is 6.54 Å². The van der Waals surface area contributed by atoms with Crippen molar-refractivity contribution in [3.8, 4) is 0 Å². The average molecular weight is 288 g/mol. The molecule has 3 N–H and O–H groups in total. The third kappa shape index (κ3) is 2.90. The highest BCUT2D eigenvalue weighted by molar-refractivity contribution is 7.91. The summed E-state index contributed by atoms with van der Waals surface area (Å²) in [6.45, 7) is 4.47. The fourth-order valence-electron chi connectivity index (χ4n) is 1.82. The first kappa shape index (κ1) is 13.5. The van der Waals surface area contributed by atoms with Gasteiger partial charge in [-0.3, -0.25) is 4.79 Å². The van der Waals surface area contributed by atoms with Crippen LogP contribution >= 0.6 is 11.3 Å². The Morgan fingerprint density at radius 1 is 1.56 bits per heavy atom. The van der Waals surface area contributed by atoms with Crippen molar-refractivity contribution < 1.29 is 13.2 Å². The van der Waals surface area contributed by atoms with E-state index in [1.54, 1.807) is 6.07 Å². The summed E-state index contributed by atoms with van der Waals surface area (Å²) in [5.74, 6) is 0.112. The van der Waals surface area contributed by atoms with E-state index in [0.717, 1.165) is 22.6 Å². The number of primary sulfonamides is 1. The summed E-state index contributed by atoms with van der Waals surface area (Å²) in [5.41, 5.74) is 0.102. The molecule has 100 valence electrons. The molecule has 0 aromatic carbocycles. The molecule has 0 spiro atoms. The minimum absolute atomic E-state index is 0.0329. The average Bonchev–Trinajstić information content (AvgIpc) is 2.70. The predicted molar refractivity (Wildman–Crippen MR) is 69.4 cm³/mol. The highest BCUT2D eigenvalue weighted by Gasteiger charge is 2.50. The summed E-state index contributed by atoms with van der Waals surface area (Å²) in [6, 6.07) is 3.13. The van der Waals surface area contributed by atoms with Crippen molar-refractivity contribution in [2.75, 3.05) is 0 Å². The van der Waals surface area contributed by atoms with Crippen LogP contribution in [0.25, 0.3) is 0 Å². The van der Waals surface area contributed by atoms with Gasteiger partial charge in [-0.05, 0) is 24.0 Å². The molecule has 2 rings (SSSR count). The Morgan fingerprint density at radius 3 is 2.61 bits per heavy atom. The van der Waals surface area contributed by atoms with E-state index in [9.17, 15) is 13.2 Å². The lowest BCUT2D eigenvalue weighted by Crippen LogP contribution is -2.25. The molecule has 1 aromatic heterocycles. The zero-order valence-corrected chi connectivity index (χ0v) is 11.9. The Morgan fingerprint density at radius 2 is 2.17 bits per heavy atom. The Hall–Kier alpha value is -0.920. The maximum atomic E-state index is 11.7. The highest BCUT2D eigenvalue weighted by Crippen LogP contribution is 2.51. The number of sulfonamides is 1. The maximum Gasteiger partial charge on any atom is 0.247 e. The summed E-state index contributed by atoms with van der Waals surface area (Å²) in [6.07, 6.45) is 0.908. The van der Waals surface area contributed by atoms with Gasteiger partial charge in [0.2, 0.25) is 15.9 Å². The molecule has 7 heteroatoms. The summed E-state index contributed by atoms with van der Waals surface area (Å²) < 4.78 is 22.3. The van der Waals surface area contributed by atoms with E-state index in [0.29, 0.717) is 6.54 Å². The lowest BCUT2D eigenvalue weighted by Gasteiger charge is -2.04. The lowest BCUT2D eigenvalue weighted by atomic mass is 10.1. The van der Waals surface area contributed by atoms with Gasteiger partial charge in [0, 0.05) is 10.8 Å². The molecular weight excluding hydrogens is 272 g/mol. The topological polar surface area (TPSA) is 89.3 Å². The van der Waals surface area contributed by atoms with Gasteiger partial charge in [0.1, 0.15) is 4.21 Å². The van der Waals surface area contributed by atoms with Crippen LogP contribution in [0.5, 0.6) is 0 Å². The zero-order valence-electron chi connectivity index (χ0n) is 10.3. The monoisotopic (exact) mass is 288 g/mol. The van der Waals surface area contributed by atoms with Crippen LogP contribution in [0.15, 0.2) is 16.3 Å². The number of carbonyl (C=O) groups is 1. The van der Waals surface area contributed by atoms with Gasteiger partial charge < -0.3 is 5.32 Å². The quantitative estimate of drug-likeness (QED) is 0.868. The van der Waals surface area contributed by atoms with Gasteiger partial charge in [0.25, 0.3) is 0 Å². The molecule has 1 aromatic rings. The van der Waals surface area contributed by atoms with Gasteiger partial charge in [0.15, 0.2) is 0 Å². The Labute approximate surface area is 110 Å². The maximum absolute atomic E-state index is 11.7. The number of hydrogen-bond acceptors (Lipinski definition) is 4. The molecule has 1 amide bonds. The summed E-state index contributed by atoms with van der Waals surface area (Å²) >= 11 is 1.09. The number of nitrogens with one attached hydrogen (secondary N) is 1. The number of thiophene rings is 1. The molecule has 1 atom stereocenters. The number of nitrogens with two attached hydrogens (primary N) is 1. The minimum atomic E-state index is -3.64. The van der Waals surface area contributed by atoms with Crippen LogP contribution in [0.1, 0.15) is 25.1 Å². The molecule has 0 saturated heterocycles. The number of hydrogen-bond donors (Lipinski definition) is 2. The number of amides is 1. The van der Waals surface area contributed by atoms with Crippen molar-refractivity contribution in [3.63, 3.8) is 0 Å². The zero-order chi connectivity index (χ0) is 13.6. The minimum Gasteiger partial charge on any atom is -0.351 e. The van der Waals surface area contributed by atoms with E-state index < -0.39 is 10.0 Å². The molecule has 0 radical (unpaired) electrons. The van der Waals surface area contributed by atoms with Crippen LogP contribution in [0.3, 0.4) is 0 Å². The van der Waals surface area contributed by atoms with Crippen LogP contribution in [0.4, 0.5) is 0 Å². The molecule has 1 unspecified atom stereocenters. The first-order valence-corrected chi connectivity index (χ1v) is 7.96. The fourth-order valence-corrected chi connectivity index (χ4v) is 3.54. The van der Waals surface area contributed by atoms with Crippen molar-refractivity contribution in [3.05, 3.63) is 17.0 Å². The highest BCUT2D eigenvalue weighted by atomic mass is 32.2. The predicted octanol–water partition coefficient (Wildman–Crippen LogP) is 1.06. The molecule has 1 aliphatic rings. The van der Waals surface area contributed by atoms with Gasteiger partial charge in [-0.1, -0.05) is 13.8 Å². The van der Waals surface area contributed by atoms with Crippen LogP contribution in [-0.2, 0) is 21.4 Å². The van der Waals surface area contributed by atoms with Gasteiger partial charge in [-0.25, -0.2) is 13.6 Å². The van der Waals surface area contributed by atoms with Crippen LogP contribution in [-0.4, -0.2) is 14.3 Å². The van der Waals surface area contributed by atoms with E-state index >= 15 is 0 Å². The number of rotatable bonds is 4. The van der Waals surface area contributed by atoms with E-state index in [1.807, 2.05) is 0 Å². The Bertz CT molecular complexity index is 575. The lowest BCUT2D eigenvalue weighted by molar-refractivity contribution is -0.123. The van der Waals surface area contributed by atoms with Crippen molar-refractivity contribution in [2.45, 2.75) is 31.0 Å². The second kappa shape index (κ2) is 4.32. The second-order valence-corrected chi connectivity index (χ2v) is 8.19. The number of carbonyl (C=O) groups excluding carboxylic acids is 1. The van der Waals surface area contributed by atoms with Crippen molar-refractivity contribution >= 4 is 27.3 Å².